The summed E-state index contributed by atoms with van der Waals surface area (Å²) in [5, 5.41) is 0. The highest BCUT2D eigenvalue weighted by atomic mass is 16.7. The smallest absolute Gasteiger partial charge is 0.168 e. The Labute approximate surface area is 127 Å². The Morgan fingerprint density at radius 2 is 1.95 bits per heavy atom. The average Bonchev–Trinajstić information content (AvgIpc) is 2.49. The Bertz CT molecular complexity index is 465. The molecule has 1 aromatic rings. The normalized spacial score (nSPS) is 28.7. The Morgan fingerprint density at radius 3 is 2.67 bits per heavy atom. The minimum atomic E-state index is -0.319. The van der Waals surface area contributed by atoms with Crippen molar-refractivity contribution < 1.29 is 14.2 Å². The molecule has 1 heterocycles. The lowest BCUT2D eigenvalue weighted by Gasteiger charge is -2.45. The molecule has 2 atom stereocenters. The van der Waals surface area contributed by atoms with Gasteiger partial charge in [-0.2, -0.15) is 0 Å². The maximum Gasteiger partial charge on any atom is 0.168 e. The third-order valence-corrected chi connectivity index (χ3v) is 4.76. The van der Waals surface area contributed by atoms with Crippen LogP contribution in [0.25, 0.3) is 0 Å². The van der Waals surface area contributed by atoms with Gasteiger partial charge in [-0.3, -0.25) is 0 Å². The number of hydrogen-bond donors (Lipinski definition) is 0. The van der Waals surface area contributed by atoms with Crippen LogP contribution in [0.5, 0.6) is 0 Å². The Morgan fingerprint density at radius 1 is 1.19 bits per heavy atom. The first-order valence-corrected chi connectivity index (χ1v) is 8.16. The molecule has 2 fully saturated rings. The predicted molar refractivity (Wildman–Crippen MR) is 82.1 cm³/mol. The van der Waals surface area contributed by atoms with Crippen molar-refractivity contribution in [2.75, 3.05) is 6.61 Å². The molecule has 0 aromatic heterocycles. The quantitative estimate of drug-likeness (QED) is 0.843. The molecule has 0 unspecified atom stereocenters. The molecule has 0 bridgehead atoms. The van der Waals surface area contributed by atoms with Gasteiger partial charge in [-0.15, -0.1) is 0 Å². The van der Waals surface area contributed by atoms with Gasteiger partial charge >= 0.3 is 0 Å². The van der Waals surface area contributed by atoms with Gasteiger partial charge in [0.15, 0.2) is 5.79 Å². The molecule has 116 valence electrons. The Hall–Kier alpha value is -0.900. The van der Waals surface area contributed by atoms with Crippen molar-refractivity contribution in [1.29, 1.82) is 0 Å². The zero-order valence-corrected chi connectivity index (χ0v) is 13.1. The van der Waals surface area contributed by atoms with E-state index < -0.39 is 0 Å². The van der Waals surface area contributed by atoms with Crippen molar-refractivity contribution >= 4 is 0 Å². The molecule has 21 heavy (non-hydrogen) atoms. The summed E-state index contributed by atoms with van der Waals surface area (Å²) in [5.74, 6) is -0.319. The lowest BCUT2D eigenvalue weighted by molar-refractivity contribution is -0.333. The van der Waals surface area contributed by atoms with E-state index in [0.717, 1.165) is 12.8 Å². The van der Waals surface area contributed by atoms with Crippen molar-refractivity contribution in [1.82, 2.24) is 0 Å². The highest BCUT2D eigenvalue weighted by Crippen LogP contribution is 2.37. The van der Waals surface area contributed by atoms with Gasteiger partial charge in [-0.1, -0.05) is 30.7 Å². The van der Waals surface area contributed by atoms with Crippen LogP contribution in [0.3, 0.4) is 0 Å². The standard InChI is InChI=1S/C18H26O3/c1-14-8-4-5-9-16(14)12-19-17-13-20-18(21-15(17)2)10-6-3-7-11-18/h4-5,8-9,15,17H,3,6-7,10-13H2,1-2H3/t15-,17-/m1/s1. The molecule has 1 aromatic carbocycles. The van der Waals surface area contributed by atoms with Gasteiger partial charge in [0.05, 0.1) is 19.3 Å². The summed E-state index contributed by atoms with van der Waals surface area (Å²) >= 11 is 0. The van der Waals surface area contributed by atoms with E-state index in [1.54, 1.807) is 0 Å². The van der Waals surface area contributed by atoms with Gasteiger partial charge in [0.1, 0.15) is 6.10 Å². The molecule has 1 aliphatic heterocycles. The summed E-state index contributed by atoms with van der Waals surface area (Å²) in [6, 6.07) is 8.35. The van der Waals surface area contributed by atoms with Gasteiger partial charge in [0.25, 0.3) is 0 Å². The van der Waals surface area contributed by atoms with Gasteiger partial charge in [-0.05, 0) is 37.8 Å². The topological polar surface area (TPSA) is 27.7 Å². The fourth-order valence-corrected chi connectivity index (χ4v) is 3.32. The van der Waals surface area contributed by atoms with Crippen LogP contribution in [-0.4, -0.2) is 24.6 Å². The van der Waals surface area contributed by atoms with Crippen LogP contribution < -0.4 is 0 Å². The summed E-state index contributed by atoms with van der Waals surface area (Å²) in [4.78, 5) is 0. The van der Waals surface area contributed by atoms with Crippen LogP contribution in [0.15, 0.2) is 24.3 Å². The van der Waals surface area contributed by atoms with Crippen molar-refractivity contribution in [3.05, 3.63) is 35.4 Å². The summed E-state index contributed by atoms with van der Waals surface area (Å²) < 4.78 is 18.3. The minimum Gasteiger partial charge on any atom is -0.368 e. The average molecular weight is 290 g/mol. The van der Waals surface area contributed by atoms with E-state index >= 15 is 0 Å². The molecule has 1 saturated heterocycles. The SMILES string of the molecule is Cc1ccccc1CO[C@@H]1COC2(CCCCC2)O[C@@H]1C. The lowest BCUT2D eigenvalue weighted by Crippen LogP contribution is -2.52. The van der Waals surface area contributed by atoms with E-state index in [0.29, 0.717) is 13.2 Å². The summed E-state index contributed by atoms with van der Waals surface area (Å²) in [5.41, 5.74) is 2.51. The summed E-state index contributed by atoms with van der Waals surface area (Å²) in [6.07, 6.45) is 5.90. The van der Waals surface area contributed by atoms with E-state index in [4.69, 9.17) is 14.2 Å². The fraction of sp³-hybridized carbons (Fsp3) is 0.667. The van der Waals surface area contributed by atoms with Crippen molar-refractivity contribution in [2.45, 2.75) is 70.6 Å². The number of ether oxygens (including phenoxy) is 3. The van der Waals surface area contributed by atoms with Crippen LogP contribution >= 0.6 is 0 Å². The van der Waals surface area contributed by atoms with Gasteiger partial charge in [0, 0.05) is 12.8 Å². The fourth-order valence-electron chi connectivity index (χ4n) is 3.32. The van der Waals surface area contributed by atoms with Crippen molar-refractivity contribution in [2.24, 2.45) is 0 Å². The highest BCUT2D eigenvalue weighted by Gasteiger charge is 2.42. The summed E-state index contributed by atoms with van der Waals surface area (Å²) in [6.45, 7) is 5.50. The van der Waals surface area contributed by atoms with E-state index in [2.05, 4.69) is 38.1 Å². The molecule has 2 aliphatic rings. The van der Waals surface area contributed by atoms with Gasteiger partial charge in [0.2, 0.25) is 0 Å². The molecule has 3 heteroatoms. The molecule has 1 spiro atoms. The Balaban J connectivity index is 1.55. The van der Waals surface area contributed by atoms with Crippen LogP contribution in [0.2, 0.25) is 0 Å². The van der Waals surface area contributed by atoms with Crippen molar-refractivity contribution in [3.63, 3.8) is 0 Å². The largest absolute Gasteiger partial charge is 0.368 e. The number of benzene rings is 1. The van der Waals surface area contributed by atoms with Gasteiger partial charge < -0.3 is 14.2 Å². The summed E-state index contributed by atoms with van der Waals surface area (Å²) in [7, 11) is 0. The predicted octanol–water partition coefficient (Wildman–Crippen LogP) is 3.98. The zero-order valence-electron chi connectivity index (χ0n) is 13.1. The molecule has 3 nitrogen and oxygen atoms in total. The molecule has 3 rings (SSSR count). The third kappa shape index (κ3) is 3.47. The third-order valence-electron chi connectivity index (χ3n) is 4.76. The molecular weight excluding hydrogens is 264 g/mol. The van der Waals surface area contributed by atoms with E-state index in [1.165, 1.54) is 30.4 Å². The van der Waals surface area contributed by atoms with Crippen molar-refractivity contribution in [3.8, 4) is 0 Å². The zero-order chi connectivity index (χ0) is 14.7. The minimum absolute atomic E-state index is 0.0251. The van der Waals surface area contributed by atoms with Gasteiger partial charge in [-0.25, -0.2) is 0 Å². The molecular formula is C18H26O3. The number of aryl methyl sites for hydroxylation is 1. The maximum atomic E-state index is 6.20. The molecule has 0 radical (unpaired) electrons. The van der Waals surface area contributed by atoms with E-state index in [9.17, 15) is 0 Å². The Kier molecular flexibility index (Phi) is 4.63. The van der Waals surface area contributed by atoms with Crippen LogP contribution in [0.1, 0.15) is 50.2 Å². The second-order valence-electron chi connectivity index (χ2n) is 6.38. The number of hydrogen-bond acceptors (Lipinski definition) is 3. The van der Waals surface area contributed by atoms with Crippen LogP contribution in [0.4, 0.5) is 0 Å². The van der Waals surface area contributed by atoms with Crippen LogP contribution in [0, 0.1) is 6.92 Å². The highest BCUT2D eigenvalue weighted by molar-refractivity contribution is 5.24. The monoisotopic (exact) mass is 290 g/mol. The second kappa shape index (κ2) is 6.47. The van der Waals surface area contributed by atoms with Crippen LogP contribution in [-0.2, 0) is 20.8 Å². The lowest BCUT2D eigenvalue weighted by atomic mass is 9.93. The first-order chi connectivity index (χ1) is 10.2. The second-order valence-corrected chi connectivity index (χ2v) is 6.38. The van der Waals surface area contributed by atoms with E-state index in [1.807, 2.05) is 0 Å². The number of rotatable bonds is 3. The molecule has 0 N–H and O–H groups in total. The first-order valence-electron chi connectivity index (χ1n) is 8.16. The molecule has 0 amide bonds. The van der Waals surface area contributed by atoms with E-state index in [-0.39, 0.29) is 18.0 Å². The first kappa shape index (κ1) is 15.0. The maximum absolute atomic E-state index is 6.20. The molecule has 1 aliphatic carbocycles. The molecule has 1 saturated carbocycles.